The highest BCUT2D eigenvalue weighted by Crippen LogP contribution is 2.29. The van der Waals surface area contributed by atoms with Crippen molar-refractivity contribution in [2.75, 3.05) is 5.32 Å². The maximum Gasteiger partial charge on any atom is 0.165 e. The SMILES string of the molecule is Cc1ccccc1-c1nc2c(NC3CCCC3)ncnc2n1C. The zero-order chi connectivity index (χ0) is 15.8. The number of benzene rings is 1. The second-order valence-corrected chi connectivity index (χ2v) is 6.33. The van der Waals surface area contributed by atoms with Crippen molar-refractivity contribution >= 4 is 17.0 Å². The summed E-state index contributed by atoms with van der Waals surface area (Å²) in [6.45, 7) is 2.11. The molecule has 0 radical (unpaired) electrons. The Morgan fingerprint density at radius 2 is 1.91 bits per heavy atom. The van der Waals surface area contributed by atoms with Crippen molar-refractivity contribution in [3.05, 3.63) is 36.2 Å². The fourth-order valence-corrected chi connectivity index (χ4v) is 3.43. The molecule has 0 unspecified atom stereocenters. The third-order valence-corrected chi connectivity index (χ3v) is 4.74. The van der Waals surface area contributed by atoms with E-state index in [0.29, 0.717) is 6.04 Å². The van der Waals surface area contributed by atoms with Crippen LogP contribution < -0.4 is 5.32 Å². The van der Waals surface area contributed by atoms with Crippen LogP contribution in [-0.2, 0) is 7.05 Å². The molecule has 118 valence electrons. The van der Waals surface area contributed by atoms with Crippen molar-refractivity contribution in [3.8, 4) is 11.4 Å². The summed E-state index contributed by atoms with van der Waals surface area (Å²) >= 11 is 0. The van der Waals surface area contributed by atoms with E-state index in [-0.39, 0.29) is 0 Å². The van der Waals surface area contributed by atoms with Crippen LogP contribution in [0.15, 0.2) is 30.6 Å². The Morgan fingerprint density at radius 3 is 2.70 bits per heavy atom. The van der Waals surface area contributed by atoms with Crippen LogP contribution in [0.2, 0.25) is 0 Å². The Labute approximate surface area is 135 Å². The molecule has 5 heteroatoms. The number of hydrogen-bond donors (Lipinski definition) is 1. The zero-order valence-corrected chi connectivity index (χ0v) is 13.6. The minimum Gasteiger partial charge on any atom is -0.365 e. The molecule has 0 saturated heterocycles. The molecular formula is C18H21N5. The average Bonchev–Trinajstić information content (AvgIpc) is 3.17. The first-order chi connectivity index (χ1) is 11.2. The molecule has 0 bridgehead atoms. The molecular weight excluding hydrogens is 286 g/mol. The molecule has 23 heavy (non-hydrogen) atoms. The maximum atomic E-state index is 4.86. The van der Waals surface area contributed by atoms with Gasteiger partial charge in [0.25, 0.3) is 0 Å². The minimum absolute atomic E-state index is 0.511. The molecule has 2 heterocycles. The quantitative estimate of drug-likeness (QED) is 0.801. The third-order valence-electron chi connectivity index (χ3n) is 4.74. The van der Waals surface area contributed by atoms with Crippen molar-refractivity contribution in [2.45, 2.75) is 38.6 Å². The lowest BCUT2D eigenvalue weighted by Gasteiger charge is -2.12. The lowest BCUT2D eigenvalue weighted by molar-refractivity contribution is 0.751. The van der Waals surface area contributed by atoms with Gasteiger partial charge in [-0.3, -0.25) is 0 Å². The molecule has 1 aliphatic rings. The monoisotopic (exact) mass is 307 g/mol. The molecule has 0 aliphatic heterocycles. The zero-order valence-electron chi connectivity index (χ0n) is 13.6. The van der Waals surface area contributed by atoms with Gasteiger partial charge in [-0.25, -0.2) is 15.0 Å². The second-order valence-electron chi connectivity index (χ2n) is 6.33. The highest BCUT2D eigenvalue weighted by molar-refractivity contribution is 5.86. The fraction of sp³-hybridized carbons (Fsp3) is 0.389. The van der Waals surface area contributed by atoms with E-state index in [0.717, 1.165) is 28.4 Å². The third kappa shape index (κ3) is 2.46. The summed E-state index contributed by atoms with van der Waals surface area (Å²) in [5.41, 5.74) is 4.09. The Hall–Kier alpha value is -2.43. The van der Waals surface area contributed by atoms with Crippen molar-refractivity contribution in [1.82, 2.24) is 19.5 Å². The van der Waals surface area contributed by atoms with Crippen molar-refractivity contribution in [3.63, 3.8) is 0 Å². The van der Waals surface area contributed by atoms with E-state index in [1.54, 1.807) is 6.33 Å². The Morgan fingerprint density at radius 1 is 1.13 bits per heavy atom. The Bertz CT molecular complexity index is 846. The summed E-state index contributed by atoms with van der Waals surface area (Å²) in [6.07, 6.45) is 6.64. The molecule has 1 aliphatic carbocycles. The molecule has 0 atom stereocenters. The topological polar surface area (TPSA) is 55.6 Å². The molecule has 5 nitrogen and oxygen atoms in total. The van der Waals surface area contributed by atoms with E-state index >= 15 is 0 Å². The predicted octanol–water partition coefficient (Wildman–Crippen LogP) is 3.69. The number of hydrogen-bond acceptors (Lipinski definition) is 4. The summed E-state index contributed by atoms with van der Waals surface area (Å²) < 4.78 is 2.05. The van der Waals surface area contributed by atoms with E-state index < -0.39 is 0 Å². The first-order valence-electron chi connectivity index (χ1n) is 8.24. The number of nitrogens with zero attached hydrogens (tertiary/aromatic N) is 4. The molecule has 1 saturated carbocycles. The van der Waals surface area contributed by atoms with Crippen LogP contribution >= 0.6 is 0 Å². The fourth-order valence-electron chi connectivity index (χ4n) is 3.43. The van der Waals surface area contributed by atoms with E-state index in [1.807, 2.05) is 19.2 Å². The summed E-state index contributed by atoms with van der Waals surface area (Å²) in [5.74, 6) is 1.80. The molecule has 3 aromatic rings. The second kappa shape index (κ2) is 5.65. The smallest absolute Gasteiger partial charge is 0.165 e. The normalized spacial score (nSPS) is 15.4. The van der Waals surface area contributed by atoms with E-state index in [1.165, 1.54) is 31.2 Å². The lowest BCUT2D eigenvalue weighted by atomic mass is 10.1. The molecule has 1 fully saturated rings. The van der Waals surface area contributed by atoms with Gasteiger partial charge in [-0.05, 0) is 25.3 Å². The van der Waals surface area contributed by atoms with Gasteiger partial charge in [-0.2, -0.15) is 0 Å². The highest BCUT2D eigenvalue weighted by atomic mass is 15.2. The molecule has 1 aromatic carbocycles. The first kappa shape index (κ1) is 14.2. The largest absolute Gasteiger partial charge is 0.365 e. The number of rotatable bonds is 3. The van der Waals surface area contributed by atoms with E-state index in [9.17, 15) is 0 Å². The molecule has 1 N–H and O–H groups in total. The molecule has 0 spiro atoms. The van der Waals surface area contributed by atoms with Gasteiger partial charge >= 0.3 is 0 Å². The summed E-state index contributed by atoms with van der Waals surface area (Å²) in [7, 11) is 2.02. The van der Waals surface area contributed by atoms with Crippen molar-refractivity contribution in [1.29, 1.82) is 0 Å². The maximum absolute atomic E-state index is 4.86. The van der Waals surface area contributed by atoms with E-state index in [4.69, 9.17) is 4.98 Å². The Kier molecular flexibility index (Phi) is 3.48. The summed E-state index contributed by atoms with van der Waals surface area (Å²) in [4.78, 5) is 13.7. The van der Waals surface area contributed by atoms with Gasteiger partial charge in [0.05, 0.1) is 0 Å². The van der Waals surface area contributed by atoms with E-state index in [2.05, 4.69) is 38.9 Å². The van der Waals surface area contributed by atoms with Crippen LogP contribution in [0.3, 0.4) is 0 Å². The van der Waals surface area contributed by atoms with Gasteiger partial charge in [0, 0.05) is 18.7 Å². The van der Waals surface area contributed by atoms with Gasteiger partial charge in [0.2, 0.25) is 0 Å². The van der Waals surface area contributed by atoms with Crippen molar-refractivity contribution < 1.29 is 0 Å². The first-order valence-corrected chi connectivity index (χ1v) is 8.24. The van der Waals surface area contributed by atoms with Gasteiger partial charge in [-0.15, -0.1) is 0 Å². The van der Waals surface area contributed by atoms with Gasteiger partial charge in [0.1, 0.15) is 12.2 Å². The van der Waals surface area contributed by atoms with Crippen LogP contribution in [0.5, 0.6) is 0 Å². The van der Waals surface area contributed by atoms with Gasteiger partial charge in [-0.1, -0.05) is 37.1 Å². The van der Waals surface area contributed by atoms with Crippen molar-refractivity contribution in [2.24, 2.45) is 7.05 Å². The molecule has 0 amide bonds. The summed E-state index contributed by atoms with van der Waals surface area (Å²) in [6, 6.07) is 8.82. The number of anilines is 1. The van der Waals surface area contributed by atoms with Crippen LogP contribution in [0.1, 0.15) is 31.2 Å². The Balaban J connectivity index is 1.82. The lowest BCUT2D eigenvalue weighted by Crippen LogP contribution is -2.15. The average molecular weight is 307 g/mol. The number of fused-ring (bicyclic) bond motifs is 1. The standard InChI is InChI=1S/C18H21N5/c1-12-7-3-6-10-14(12)17-22-15-16(21-13-8-4-5-9-13)19-11-20-18(15)23(17)2/h3,6-7,10-11,13H,4-5,8-9H2,1-2H3,(H,19,20,21). The number of imidazole rings is 1. The van der Waals surface area contributed by atoms with Crippen LogP contribution in [0.25, 0.3) is 22.6 Å². The number of aryl methyl sites for hydroxylation is 2. The van der Waals surface area contributed by atoms with Gasteiger partial charge < -0.3 is 9.88 Å². The highest BCUT2D eigenvalue weighted by Gasteiger charge is 2.20. The predicted molar refractivity (Wildman–Crippen MR) is 92.4 cm³/mol. The van der Waals surface area contributed by atoms with Crippen LogP contribution in [0, 0.1) is 6.92 Å². The molecule has 2 aromatic heterocycles. The minimum atomic E-state index is 0.511. The number of aromatic nitrogens is 4. The summed E-state index contributed by atoms with van der Waals surface area (Å²) in [5, 5.41) is 3.56. The number of nitrogens with one attached hydrogen (secondary N) is 1. The van der Waals surface area contributed by atoms with Crippen LogP contribution in [0.4, 0.5) is 5.82 Å². The van der Waals surface area contributed by atoms with Crippen LogP contribution in [-0.4, -0.2) is 25.6 Å². The van der Waals surface area contributed by atoms with Gasteiger partial charge in [0.15, 0.2) is 17.0 Å². The molecule has 4 rings (SSSR count).